The van der Waals surface area contributed by atoms with E-state index in [4.69, 9.17) is 14.2 Å². The molecule has 1 N–H and O–H groups in total. The van der Waals surface area contributed by atoms with Crippen molar-refractivity contribution in [1.82, 2.24) is 5.32 Å². The summed E-state index contributed by atoms with van der Waals surface area (Å²) >= 11 is 0. The second kappa shape index (κ2) is 7.08. The number of ether oxygens (including phenoxy) is 3. The van der Waals surface area contributed by atoms with Crippen molar-refractivity contribution >= 4 is 12.0 Å². The number of benzene rings is 2. The molecule has 1 aliphatic rings. The van der Waals surface area contributed by atoms with Gasteiger partial charge >= 0.3 is 0 Å². The van der Waals surface area contributed by atoms with Crippen LogP contribution in [0.4, 0.5) is 0 Å². The Morgan fingerprint density at radius 3 is 2.67 bits per heavy atom. The number of carbonyl (C=O) groups is 1. The highest BCUT2D eigenvalue weighted by atomic mass is 16.7. The topological polar surface area (TPSA) is 56.8 Å². The first-order chi connectivity index (χ1) is 11.7. The van der Waals surface area contributed by atoms with Gasteiger partial charge in [-0.3, -0.25) is 4.79 Å². The second-order valence-corrected chi connectivity index (χ2v) is 5.45. The van der Waals surface area contributed by atoms with E-state index in [-0.39, 0.29) is 18.7 Å². The molecule has 5 heteroatoms. The van der Waals surface area contributed by atoms with Crippen LogP contribution >= 0.6 is 0 Å². The zero-order valence-corrected chi connectivity index (χ0v) is 13.6. The van der Waals surface area contributed by atoms with E-state index in [9.17, 15) is 4.79 Å². The molecule has 0 aromatic heterocycles. The van der Waals surface area contributed by atoms with Gasteiger partial charge in [0.15, 0.2) is 11.5 Å². The van der Waals surface area contributed by atoms with E-state index in [1.54, 1.807) is 13.2 Å². The number of hydrogen-bond acceptors (Lipinski definition) is 4. The lowest BCUT2D eigenvalue weighted by Crippen LogP contribution is -2.24. The zero-order chi connectivity index (χ0) is 16.9. The Morgan fingerprint density at radius 1 is 1.17 bits per heavy atom. The summed E-state index contributed by atoms with van der Waals surface area (Å²) in [6.07, 6.45) is 3.26. The summed E-state index contributed by atoms with van der Waals surface area (Å²) in [5.41, 5.74) is 1.90. The number of hydrogen-bond donors (Lipinski definition) is 1. The van der Waals surface area contributed by atoms with Gasteiger partial charge in [0.1, 0.15) is 5.75 Å². The summed E-state index contributed by atoms with van der Waals surface area (Å²) in [7, 11) is 1.63. The number of fused-ring (bicyclic) bond motifs is 1. The van der Waals surface area contributed by atoms with Gasteiger partial charge in [-0.15, -0.1) is 0 Å². The predicted molar refractivity (Wildman–Crippen MR) is 91.2 cm³/mol. The molecule has 1 heterocycles. The smallest absolute Gasteiger partial charge is 0.244 e. The van der Waals surface area contributed by atoms with Crippen LogP contribution in [0.3, 0.4) is 0 Å². The molecule has 0 aliphatic carbocycles. The Bertz CT molecular complexity index is 752. The van der Waals surface area contributed by atoms with Gasteiger partial charge in [0.25, 0.3) is 0 Å². The Labute approximate surface area is 140 Å². The van der Waals surface area contributed by atoms with Crippen LogP contribution in [0.5, 0.6) is 17.2 Å². The quantitative estimate of drug-likeness (QED) is 0.857. The lowest BCUT2D eigenvalue weighted by molar-refractivity contribution is -0.117. The monoisotopic (exact) mass is 325 g/mol. The lowest BCUT2D eigenvalue weighted by Gasteiger charge is -2.13. The van der Waals surface area contributed by atoms with Crippen molar-refractivity contribution in [3.8, 4) is 17.2 Å². The Balaban J connectivity index is 1.60. The fourth-order valence-electron chi connectivity index (χ4n) is 2.43. The molecule has 0 spiro atoms. The molecule has 24 heavy (non-hydrogen) atoms. The van der Waals surface area contributed by atoms with E-state index in [0.29, 0.717) is 5.75 Å². The fraction of sp³-hybridized carbons (Fsp3) is 0.211. The summed E-state index contributed by atoms with van der Waals surface area (Å²) in [6, 6.07) is 13.1. The third-order valence-corrected chi connectivity index (χ3v) is 3.80. The van der Waals surface area contributed by atoms with Gasteiger partial charge in [-0.05, 0) is 48.4 Å². The molecule has 124 valence electrons. The Kier molecular flexibility index (Phi) is 4.70. The average Bonchev–Trinajstić information content (AvgIpc) is 3.07. The zero-order valence-electron chi connectivity index (χ0n) is 13.6. The van der Waals surface area contributed by atoms with Crippen molar-refractivity contribution in [2.75, 3.05) is 13.9 Å². The van der Waals surface area contributed by atoms with Crippen molar-refractivity contribution in [2.45, 2.75) is 13.0 Å². The number of rotatable bonds is 5. The van der Waals surface area contributed by atoms with E-state index in [0.717, 1.165) is 22.6 Å². The van der Waals surface area contributed by atoms with Crippen LogP contribution in [0, 0.1) is 0 Å². The summed E-state index contributed by atoms with van der Waals surface area (Å²) < 4.78 is 15.7. The van der Waals surface area contributed by atoms with E-state index >= 15 is 0 Å². The normalized spacial score (nSPS) is 13.8. The summed E-state index contributed by atoms with van der Waals surface area (Å²) in [5.74, 6) is 2.06. The molecule has 0 saturated carbocycles. The minimum atomic E-state index is -0.156. The van der Waals surface area contributed by atoms with Crippen LogP contribution < -0.4 is 19.5 Å². The fourth-order valence-corrected chi connectivity index (χ4v) is 2.43. The maximum atomic E-state index is 12.1. The minimum Gasteiger partial charge on any atom is -0.497 e. The van der Waals surface area contributed by atoms with E-state index in [1.165, 1.54) is 6.08 Å². The van der Waals surface area contributed by atoms with Gasteiger partial charge in [-0.1, -0.05) is 18.2 Å². The largest absolute Gasteiger partial charge is 0.497 e. The molecule has 0 radical (unpaired) electrons. The minimum absolute atomic E-state index is 0.0928. The average molecular weight is 325 g/mol. The molecule has 1 atom stereocenters. The van der Waals surface area contributed by atoms with Crippen LogP contribution in [-0.4, -0.2) is 19.8 Å². The van der Waals surface area contributed by atoms with E-state index in [2.05, 4.69) is 5.32 Å². The van der Waals surface area contributed by atoms with Crippen molar-refractivity contribution < 1.29 is 19.0 Å². The SMILES string of the molecule is COc1ccc([C@@H](C)NC(=O)/C=C/c2ccc3c(c2)OCO3)cc1. The molecule has 2 aromatic carbocycles. The third-order valence-electron chi connectivity index (χ3n) is 3.80. The maximum Gasteiger partial charge on any atom is 0.244 e. The Morgan fingerprint density at radius 2 is 1.92 bits per heavy atom. The molecule has 0 unspecified atom stereocenters. The van der Waals surface area contributed by atoms with Gasteiger partial charge in [0.05, 0.1) is 13.2 Å². The van der Waals surface area contributed by atoms with Crippen molar-refractivity contribution in [3.63, 3.8) is 0 Å². The van der Waals surface area contributed by atoms with Crippen molar-refractivity contribution in [2.24, 2.45) is 0 Å². The lowest BCUT2D eigenvalue weighted by atomic mass is 10.1. The van der Waals surface area contributed by atoms with Gasteiger partial charge in [-0.25, -0.2) is 0 Å². The molecular weight excluding hydrogens is 306 g/mol. The molecular formula is C19H19NO4. The molecule has 0 fully saturated rings. The molecule has 1 amide bonds. The molecule has 0 bridgehead atoms. The molecule has 1 aliphatic heterocycles. The van der Waals surface area contributed by atoms with Crippen LogP contribution in [0.1, 0.15) is 24.1 Å². The van der Waals surface area contributed by atoms with Crippen LogP contribution in [-0.2, 0) is 4.79 Å². The number of nitrogens with one attached hydrogen (secondary N) is 1. The molecule has 5 nitrogen and oxygen atoms in total. The highest BCUT2D eigenvalue weighted by Gasteiger charge is 2.12. The van der Waals surface area contributed by atoms with Gasteiger partial charge in [-0.2, -0.15) is 0 Å². The predicted octanol–water partition coefficient (Wildman–Crippen LogP) is 3.31. The van der Waals surface area contributed by atoms with Crippen LogP contribution in [0.25, 0.3) is 6.08 Å². The number of methoxy groups -OCH3 is 1. The third kappa shape index (κ3) is 3.68. The van der Waals surface area contributed by atoms with Gasteiger partial charge in [0.2, 0.25) is 12.7 Å². The summed E-state index contributed by atoms with van der Waals surface area (Å²) in [4.78, 5) is 12.1. The van der Waals surface area contributed by atoms with Crippen molar-refractivity contribution in [3.05, 3.63) is 59.7 Å². The molecule has 0 saturated heterocycles. The number of carbonyl (C=O) groups excluding carboxylic acids is 1. The van der Waals surface area contributed by atoms with Gasteiger partial charge < -0.3 is 19.5 Å². The molecule has 3 rings (SSSR count). The highest BCUT2D eigenvalue weighted by Crippen LogP contribution is 2.32. The van der Waals surface area contributed by atoms with Crippen LogP contribution in [0.15, 0.2) is 48.5 Å². The first kappa shape index (κ1) is 15.9. The summed E-state index contributed by atoms with van der Waals surface area (Å²) in [6.45, 7) is 2.18. The maximum absolute atomic E-state index is 12.1. The standard InChI is InChI=1S/C19H19NO4/c1-13(15-5-7-16(22-2)8-6-15)20-19(21)10-4-14-3-9-17-18(11-14)24-12-23-17/h3-11,13H,12H2,1-2H3,(H,20,21)/b10-4+/t13-/m1/s1. The number of amides is 1. The van der Waals surface area contributed by atoms with Crippen LogP contribution in [0.2, 0.25) is 0 Å². The summed E-state index contributed by atoms with van der Waals surface area (Å²) in [5, 5.41) is 2.93. The Hall–Kier alpha value is -2.95. The van der Waals surface area contributed by atoms with Gasteiger partial charge in [0, 0.05) is 6.08 Å². The first-order valence-corrected chi connectivity index (χ1v) is 7.68. The van der Waals surface area contributed by atoms with E-state index < -0.39 is 0 Å². The second-order valence-electron chi connectivity index (χ2n) is 5.45. The molecule has 2 aromatic rings. The highest BCUT2D eigenvalue weighted by molar-refractivity contribution is 5.92. The first-order valence-electron chi connectivity index (χ1n) is 7.68. The van der Waals surface area contributed by atoms with E-state index in [1.807, 2.05) is 49.4 Å². The van der Waals surface area contributed by atoms with Crippen molar-refractivity contribution in [1.29, 1.82) is 0 Å².